The molecule has 0 heterocycles. The summed E-state index contributed by atoms with van der Waals surface area (Å²) >= 11 is 5.84. The van der Waals surface area contributed by atoms with E-state index in [1.165, 1.54) is 5.56 Å². The summed E-state index contributed by atoms with van der Waals surface area (Å²) in [4.78, 5) is 0. The highest BCUT2D eigenvalue weighted by atomic mass is 35.5. The highest BCUT2D eigenvalue weighted by Crippen LogP contribution is 2.22. The third-order valence-electron chi connectivity index (χ3n) is 3.22. The van der Waals surface area contributed by atoms with E-state index < -0.39 is 0 Å². The molecule has 0 bridgehead atoms. The average Bonchev–Trinajstić information content (AvgIpc) is 2.53. The predicted octanol–water partition coefficient (Wildman–Crippen LogP) is 4.79. The van der Waals surface area contributed by atoms with Crippen LogP contribution in [0.3, 0.4) is 0 Å². The van der Waals surface area contributed by atoms with Gasteiger partial charge in [-0.2, -0.15) is 5.26 Å². The normalized spacial score (nSPS) is 10.3. The van der Waals surface area contributed by atoms with Crippen LogP contribution >= 0.6 is 11.6 Å². The Balaban J connectivity index is 1.83. The Hall–Kier alpha value is -2.18. The maximum atomic E-state index is 9.03. The van der Waals surface area contributed by atoms with E-state index in [1.807, 2.05) is 12.1 Å². The van der Waals surface area contributed by atoms with Gasteiger partial charge in [0.05, 0.1) is 5.56 Å². The average molecular weight is 316 g/mol. The number of rotatable bonds is 6. The van der Waals surface area contributed by atoms with Gasteiger partial charge in [0.15, 0.2) is 0 Å². The molecule has 0 aromatic heterocycles. The Morgan fingerprint density at radius 1 is 1.05 bits per heavy atom. The summed E-state index contributed by atoms with van der Waals surface area (Å²) in [6.45, 7) is 5.09. The lowest BCUT2D eigenvalue weighted by molar-refractivity contribution is 0.217. The van der Waals surface area contributed by atoms with Crippen LogP contribution in [0, 0.1) is 11.3 Å². The van der Waals surface area contributed by atoms with Crippen molar-refractivity contribution in [1.82, 2.24) is 0 Å². The highest BCUT2D eigenvalue weighted by Gasteiger charge is 2.04. The van der Waals surface area contributed by atoms with Crippen LogP contribution in [0.1, 0.15) is 30.9 Å². The van der Waals surface area contributed by atoms with Crippen molar-refractivity contribution in [2.45, 2.75) is 19.8 Å². The lowest BCUT2D eigenvalue weighted by atomic mass is 10.0. The smallest absolute Gasteiger partial charge is 0.137 e. The SMILES string of the molecule is CC(C)c1ccc(OCCOc2ccc(Cl)cc2C#N)cc1. The fourth-order valence-corrected chi connectivity index (χ4v) is 2.15. The molecule has 0 fully saturated rings. The third-order valence-corrected chi connectivity index (χ3v) is 3.45. The van der Waals surface area contributed by atoms with Crippen LogP contribution in [-0.4, -0.2) is 13.2 Å². The van der Waals surface area contributed by atoms with E-state index in [9.17, 15) is 0 Å². The molecule has 4 heteroatoms. The van der Waals surface area contributed by atoms with Crippen LogP contribution in [0.15, 0.2) is 42.5 Å². The number of hydrogen-bond acceptors (Lipinski definition) is 3. The van der Waals surface area contributed by atoms with Crippen LogP contribution in [0.4, 0.5) is 0 Å². The first-order valence-electron chi connectivity index (χ1n) is 7.15. The number of ether oxygens (including phenoxy) is 2. The molecule has 0 spiro atoms. The van der Waals surface area contributed by atoms with E-state index in [4.69, 9.17) is 26.3 Å². The topological polar surface area (TPSA) is 42.2 Å². The molecule has 22 heavy (non-hydrogen) atoms. The molecule has 0 saturated heterocycles. The standard InChI is InChI=1S/C18H18ClNO2/c1-13(2)14-3-6-17(7-4-14)21-9-10-22-18-8-5-16(19)11-15(18)12-20/h3-8,11,13H,9-10H2,1-2H3. The fourth-order valence-electron chi connectivity index (χ4n) is 1.98. The van der Waals surface area contributed by atoms with Crippen LogP contribution < -0.4 is 9.47 Å². The third kappa shape index (κ3) is 4.41. The Morgan fingerprint density at radius 3 is 2.36 bits per heavy atom. The van der Waals surface area contributed by atoms with E-state index >= 15 is 0 Å². The largest absolute Gasteiger partial charge is 0.490 e. The summed E-state index contributed by atoms with van der Waals surface area (Å²) < 4.78 is 11.2. The minimum atomic E-state index is 0.363. The van der Waals surface area contributed by atoms with Gasteiger partial charge < -0.3 is 9.47 Å². The van der Waals surface area contributed by atoms with Gasteiger partial charge in [0.25, 0.3) is 0 Å². The van der Waals surface area contributed by atoms with Crippen molar-refractivity contribution in [2.24, 2.45) is 0 Å². The van der Waals surface area contributed by atoms with Gasteiger partial charge in [-0.05, 0) is 41.8 Å². The summed E-state index contributed by atoms with van der Waals surface area (Å²) in [5, 5.41) is 9.55. The lowest BCUT2D eigenvalue weighted by Crippen LogP contribution is -2.09. The predicted molar refractivity (Wildman–Crippen MR) is 87.7 cm³/mol. The number of nitriles is 1. The van der Waals surface area contributed by atoms with E-state index in [0.29, 0.717) is 35.5 Å². The molecule has 0 radical (unpaired) electrons. The molecule has 0 unspecified atom stereocenters. The molecule has 0 aliphatic carbocycles. The van der Waals surface area contributed by atoms with Crippen molar-refractivity contribution in [3.05, 3.63) is 58.6 Å². The zero-order valence-corrected chi connectivity index (χ0v) is 13.4. The second-order valence-corrected chi connectivity index (χ2v) is 5.61. The molecule has 114 valence electrons. The fraction of sp³-hybridized carbons (Fsp3) is 0.278. The molecular formula is C18H18ClNO2. The molecule has 0 N–H and O–H groups in total. The van der Waals surface area contributed by atoms with Crippen molar-refractivity contribution in [3.8, 4) is 17.6 Å². The summed E-state index contributed by atoms with van der Waals surface area (Å²) in [5.41, 5.74) is 1.71. The first-order chi connectivity index (χ1) is 10.6. The van der Waals surface area contributed by atoms with E-state index in [2.05, 4.69) is 32.0 Å². The van der Waals surface area contributed by atoms with E-state index in [1.54, 1.807) is 18.2 Å². The van der Waals surface area contributed by atoms with Gasteiger partial charge in [0.2, 0.25) is 0 Å². The maximum absolute atomic E-state index is 9.03. The Bertz CT molecular complexity index is 660. The van der Waals surface area contributed by atoms with E-state index in [-0.39, 0.29) is 0 Å². The summed E-state index contributed by atoms with van der Waals surface area (Å²) in [6.07, 6.45) is 0. The van der Waals surface area contributed by atoms with Crippen molar-refractivity contribution in [2.75, 3.05) is 13.2 Å². The second kappa shape index (κ2) is 7.72. The second-order valence-electron chi connectivity index (χ2n) is 5.17. The van der Waals surface area contributed by atoms with Gasteiger partial charge in [-0.1, -0.05) is 37.6 Å². The van der Waals surface area contributed by atoms with Crippen LogP contribution in [0.25, 0.3) is 0 Å². The van der Waals surface area contributed by atoms with Crippen molar-refractivity contribution < 1.29 is 9.47 Å². The highest BCUT2D eigenvalue weighted by molar-refractivity contribution is 6.30. The van der Waals surface area contributed by atoms with Gasteiger partial charge in [0, 0.05) is 5.02 Å². The van der Waals surface area contributed by atoms with Gasteiger partial charge in [-0.3, -0.25) is 0 Å². The van der Waals surface area contributed by atoms with Gasteiger partial charge in [0.1, 0.15) is 30.8 Å². The molecule has 2 aromatic rings. The summed E-state index contributed by atoms with van der Waals surface area (Å²) in [5.74, 6) is 1.84. The molecule has 2 aromatic carbocycles. The van der Waals surface area contributed by atoms with E-state index in [0.717, 1.165) is 5.75 Å². The number of benzene rings is 2. The van der Waals surface area contributed by atoms with Crippen LogP contribution in [0.2, 0.25) is 5.02 Å². The van der Waals surface area contributed by atoms with Crippen molar-refractivity contribution in [3.63, 3.8) is 0 Å². The van der Waals surface area contributed by atoms with Crippen LogP contribution in [-0.2, 0) is 0 Å². The Morgan fingerprint density at radius 2 is 1.73 bits per heavy atom. The Labute approximate surface area is 136 Å². The number of hydrogen-bond donors (Lipinski definition) is 0. The molecule has 3 nitrogen and oxygen atoms in total. The monoisotopic (exact) mass is 315 g/mol. The van der Waals surface area contributed by atoms with Gasteiger partial charge >= 0.3 is 0 Å². The maximum Gasteiger partial charge on any atom is 0.137 e. The summed E-state index contributed by atoms with van der Waals surface area (Å²) in [7, 11) is 0. The molecule has 0 aliphatic heterocycles. The molecule has 2 rings (SSSR count). The minimum Gasteiger partial charge on any atom is -0.490 e. The number of nitrogens with zero attached hydrogens (tertiary/aromatic N) is 1. The molecule has 0 saturated carbocycles. The zero-order valence-electron chi connectivity index (χ0n) is 12.7. The quantitative estimate of drug-likeness (QED) is 0.719. The van der Waals surface area contributed by atoms with Gasteiger partial charge in [-0.15, -0.1) is 0 Å². The molecule has 0 atom stereocenters. The lowest BCUT2D eigenvalue weighted by Gasteiger charge is -2.11. The first kappa shape index (κ1) is 16.2. The minimum absolute atomic E-state index is 0.363. The molecule has 0 aliphatic rings. The Kier molecular flexibility index (Phi) is 5.68. The zero-order chi connectivity index (χ0) is 15.9. The van der Waals surface area contributed by atoms with Crippen LogP contribution in [0.5, 0.6) is 11.5 Å². The first-order valence-corrected chi connectivity index (χ1v) is 7.53. The molecule has 0 amide bonds. The van der Waals surface area contributed by atoms with Crippen molar-refractivity contribution in [1.29, 1.82) is 5.26 Å². The summed E-state index contributed by atoms with van der Waals surface area (Å²) in [6, 6.07) is 15.1. The number of halogens is 1. The molecular weight excluding hydrogens is 298 g/mol. The van der Waals surface area contributed by atoms with Crippen molar-refractivity contribution >= 4 is 11.6 Å². The van der Waals surface area contributed by atoms with Gasteiger partial charge in [-0.25, -0.2) is 0 Å².